The molecule has 2 aromatic rings. The molecule has 1 aromatic carbocycles. The maximum absolute atomic E-state index is 13.7. The number of nitrogens with zero attached hydrogens (tertiary/aromatic N) is 1. The van der Waals surface area contributed by atoms with Crippen molar-refractivity contribution in [1.29, 1.82) is 0 Å². The van der Waals surface area contributed by atoms with Crippen LogP contribution in [0.2, 0.25) is 0 Å². The Hall–Kier alpha value is -1.85. The van der Waals surface area contributed by atoms with Gasteiger partial charge in [0.25, 0.3) is 5.91 Å². The number of benzene rings is 1. The lowest BCUT2D eigenvalue weighted by Gasteiger charge is -2.26. The first-order valence-electron chi connectivity index (χ1n) is 7.98. The smallest absolute Gasteiger partial charge is 0.254 e. The van der Waals surface area contributed by atoms with Gasteiger partial charge in [0.15, 0.2) is 0 Å². The Morgan fingerprint density at radius 2 is 1.96 bits per heavy atom. The second-order valence-corrected chi connectivity index (χ2v) is 5.90. The highest BCUT2D eigenvalue weighted by molar-refractivity contribution is 5.94. The number of halogens is 2. The van der Waals surface area contributed by atoms with E-state index < -0.39 is 11.7 Å². The summed E-state index contributed by atoms with van der Waals surface area (Å²) in [5.74, 6) is 0.801. The van der Waals surface area contributed by atoms with Gasteiger partial charge < -0.3 is 9.73 Å². The van der Waals surface area contributed by atoms with Gasteiger partial charge in [0.1, 0.15) is 17.3 Å². The van der Waals surface area contributed by atoms with Crippen molar-refractivity contribution in [3.8, 4) is 0 Å². The molecule has 0 aliphatic carbocycles. The number of amides is 1. The van der Waals surface area contributed by atoms with Gasteiger partial charge in [-0.15, -0.1) is 12.4 Å². The lowest BCUT2D eigenvalue weighted by atomic mass is 10.1. The quantitative estimate of drug-likeness (QED) is 0.892. The topological polar surface area (TPSA) is 45.5 Å². The van der Waals surface area contributed by atoms with Crippen LogP contribution < -0.4 is 5.32 Å². The van der Waals surface area contributed by atoms with Crippen molar-refractivity contribution in [3.05, 3.63) is 59.3 Å². The Morgan fingerprint density at radius 3 is 2.58 bits per heavy atom. The highest BCUT2D eigenvalue weighted by Crippen LogP contribution is 2.26. The van der Waals surface area contributed by atoms with E-state index in [0.29, 0.717) is 6.54 Å². The van der Waals surface area contributed by atoms with E-state index in [4.69, 9.17) is 4.42 Å². The number of aryl methyl sites for hydroxylation is 1. The fourth-order valence-corrected chi connectivity index (χ4v) is 3.03. The van der Waals surface area contributed by atoms with Crippen LogP contribution in [-0.4, -0.2) is 30.4 Å². The van der Waals surface area contributed by atoms with Crippen LogP contribution in [-0.2, 0) is 0 Å². The molecule has 1 aliphatic heterocycles. The molecule has 1 amide bonds. The summed E-state index contributed by atoms with van der Waals surface area (Å²) in [4.78, 5) is 14.5. The van der Waals surface area contributed by atoms with E-state index in [1.807, 2.05) is 19.1 Å². The van der Waals surface area contributed by atoms with Crippen LogP contribution in [0, 0.1) is 12.7 Å². The second kappa shape index (κ2) is 8.31. The van der Waals surface area contributed by atoms with Gasteiger partial charge in [0, 0.05) is 6.54 Å². The van der Waals surface area contributed by atoms with E-state index in [1.54, 1.807) is 12.1 Å². The molecule has 1 aliphatic rings. The molecule has 4 nitrogen and oxygen atoms in total. The number of carbonyl (C=O) groups is 1. The van der Waals surface area contributed by atoms with Crippen molar-refractivity contribution in [2.75, 3.05) is 19.6 Å². The molecule has 0 spiro atoms. The first-order valence-corrected chi connectivity index (χ1v) is 7.98. The maximum Gasteiger partial charge on any atom is 0.254 e. The largest absolute Gasteiger partial charge is 0.465 e. The molecule has 1 saturated heterocycles. The van der Waals surface area contributed by atoms with Gasteiger partial charge in [-0.2, -0.15) is 0 Å². The summed E-state index contributed by atoms with van der Waals surface area (Å²) in [6, 6.07) is 9.89. The van der Waals surface area contributed by atoms with Gasteiger partial charge >= 0.3 is 0 Å². The van der Waals surface area contributed by atoms with Gasteiger partial charge in [-0.25, -0.2) is 4.39 Å². The second-order valence-electron chi connectivity index (χ2n) is 5.90. The molecular weight excluding hydrogens is 331 g/mol. The molecular formula is C18H22ClFN2O2. The first kappa shape index (κ1) is 18.5. The van der Waals surface area contributed by atoms with Crippen molar-refractivity contribution in [2.24, 2.45) is 0 Å². The molecule has 130 valence electrons. The average Bonchev–Trinajstić information content (AvgIpc) is 3.20. The molecule has 1 fully saturated rings. The molecule has 0 bridgehead atoms. The minimum Gasteiger partial charge on any atom is -0.465 e. The molecule has 0 radical (unpaired) electrons. The number of nitrogens with one attached hydrogen (secondary N) is 1. The number of carbonyl (C=O) groups excluding carboxylic acids is 1. The third-order valence-corrected chi connectivity index (χ3v) is 4.25. The minimum absolute atomic E-state index is 0. The Morgan fingerprint density at radius 1 is 1.25 bits per heavy atom. The number of furan rings is 1. The summed E-state index contributed by atoms with van der Waals surface area (Å²) in [7, 11) is 0. The summed E-state index contributed by atoms with van der Waals surface area (Å²) in [5, 5.41) is 2.84. The van der Waals surface area contributed by atoms with E-state index in [-0.39, 0.29) is 24.0 Å². The molecule has 6 heteroatoms. The zero-order chi connectivity index (χ0) is 16.2. The summed E-state index contributed by atoms with van der Waals surface area (Å²) >= 11 is 0. The lowest BCUT2D eigenvalue weighted by molar-refractivity contribution is 0.0929. The van der Waals surface area contributed by atoms with Crippen LogP contribution in [0.15, 0.2) is 40.8 Å². The maximum atomic E-state index is 13.7. The van der Waals surface area contributed by atoms with E-state index in [9.17, 15) is 9.18 Å². The van der Waals surface area contributed by atoms with Crippen molar-refractivity contribution < 1.29 is 13.6 Å². The van der Waals surface area contributed by atoms with Crippen LogP contribution >= 0.6 is 12.4 Å². The molecule has 1 aromatic heterocycles. The van der Waals surface area contributed by atoms with E-state index in [2.05, 4.69) is 10.2 Å². The fraction of sp³-hybridized carbons (Fsp3) is 0.389. The van der Waals surface area contributed by atoms with Gasteiger partial charge in [0.2, 0.25) is 0 Å². The molecule has 2 heterocycles. The van der Waals surface area contributed by atoms with Crippen LogP contribution in [0.1, 0.15) is 40.8 Å². The monoisotopic (exact) mass is 352 g/mol. The normalized spacial score (nSPS) is 15.8. The predicted octanol–water partition coefficient (Wildman–Crippen LogP) is 3.72. The zero-order valence-electron chi connectivity index (χ0n) is 13.6. The summed E-state index contributed by atoms with van der Waals surface area (Å²) in [6.45, 7) is 4.28. The fourth-order valence-electron chi connectivity index (χ4n) is 3.03. The van der Waals surface area contributed by atoms with Gasteiger partial charge in [-0.05, 0) is 57.1 Å². The summed E-state index contributed by atoms with van der Waals surface area (Å²) in [5.41, 5.74) is 0.0725. The van der Waals surface area contributed by atoms with Crippen LogP contribution in [0.25, 0.3) is 0 Å². The highest BCUT2D eigenvalue weighted by Gasteiger charge is 2.26. The molecule has 1 atom stereocenters. The molecule has 0 saturated carbocycles. The summed E-state index contributed by atoms with van der Waals surface area (Å²) in [6.07, 6.45) is 2.30. The Labute approximate surface area is 147 Å². The Balaban J connectivity index is 0.00000208. The molecule has 1 N–H and O–H groups in total. The Kier molecular flexibility index (Phi) is 6.40. The standard InChI is InChI=1S/C18H21FN2O2.ClH/c1-13-8-9-17(23-13)16(21-10-4-5-11-21)12-20-18(22)14-6-2-3-7-15(14)19;/h2-3,6-9,16H,4-5,10-12H2,1H3,(H,20,22);1H. The first-order chi connectivity index (χ1) is 11.1. The SMILES string of the molecule is Cc1ccc(C(CNC(=O)c2ccccc2F)N2CCCC2)o1.Cl. The van der Waals surface area contributed by atoms with Gasteiger partial charge in [-0.1, -0.05) is 12.1 Å². The third kappa shape index (κ3) is 4.16. The van der Waals surface area contributed by atoms with E-state index in [0.717, 1.165) is 37.5 Å². The third-order valence-electron chi connectivity index (χ3n) is 4.25. The number of hydrogen-bond donors (Lipinski definition) is 1. The zero-order valence-corrected chi connectivity index (χ0v) is 14.4. The average molecular weight is 353 g/mol. The number of rotatable bonds is 5. The van der Waals surface area contributed by atoms with Crippen molar-refractivity contribution in [3.63, 3.8) is 0 Å². The van der Waals surface area contributed by atoms with Gasteiger partial charge in [0.05, 0.1) is 11.6 Å². The number of likely N-dealkylation sites (tertiary alicyclic amines) is 1. The van der Waals surface area contributed by atoms with Crippen LogP contribution in [0.4, 0.5) is 4.39 Å². The van der Waals surface area contributed by atoms with E-state index in [1.165, 1.54) is 12.1 Å². The van der Waals surface area contributed by atoms with Crippen LogP contribution in [0.3, 0.4) is 0 Å². The molecule has 24 heavy (non-hydrogen) atoms. The minimum atomic E-state index is -0.503. The molecule has 3 rings (SSSR count). The van der Waals surface area contributed by atoms with Gasteiger partial charge in [-0.3, -0.25) is 9.69 Å². The Bertz CT molecular complexity index is 683. The van der Waals surface area contributed by atoms with Crippen LogP contribution in [0.5, 0.6) is 0 Å². The molecule has 1 unspecified atom stereocenters. The van der Waals surface area contributed by atoms with Crippen molar-refractivity contribution in [2.45, 2.75) is 25.8 Å². The highest BCUT2D eigenvalue weighted by atomic mass is 35.5. The number of hydrogen-bond acceptors (Lipinski definition) is 3. The van der Waals surface area contributed by atoms with E-state index >= 15 is 0 Å². The van der Waals surface area contributed by atoms with Crippen molar-refractivity contribution in [1.82, 2.24) is 10.2 Å². The predicted molar refractivity (Wildman–Crippen MR) is 93.0 cm³/mol. The van der Waals surface area contributed by atoms with Crippen molar-refractivity contribution >= 4 is 18.3 Å². The summed E-state index contributed by atoms with van der Waals surface area (Å²) < 4.78 is 19.5. The lowest BCUT2D eigenvalue weighted by Crippen LogP contribution is -2.36.